The molecule has 0 saturated heterocycles. The van der Waals surface area contributed by atoms with E-state index in [2.05, 4.69) is 5.10 Å². The summed E-state index contributed by atoms with van der Waals surface area (Å²) in [5.74, 6) is 0. The summed E-state index contributed by atoms with van der Waals surface area (Å²) in [6, 6.07) is 2.09. The van der Waals surface area contributed by atoms with E-state index in [0.29, 0.717) is 0 Å². The molecule has 62 valence electrons. The molecule has 0 fully saturated rings. The van der Waals surface area contributed by atoms with E-state index in [4.69, 9.17) is 5.11 Å². The van der Waals surface area contributed by atoms with Crippen LogP contribution in [0.25, 0.3) is 0 Å². The average molecular weight is 154 g/mol. The van der Waals surface area contributed by atoms with Gasteiger partial charge in [0, 0.05) is 5.69 Å². The molecular weight excluding hydrogens is 140 g/mol. The molecule has 0 aliphatic carbocycles. The highest BCUT2D eigenvalue weighted by Gasteiger charge is 2.06. The fraction of sp³-hybridized carbons (Fsp3) is 0.625. The Bertz CT molecular complexity index is 242. The normalized spacial score (nSPS) is 13.5. The second-order valence-electron chi connectivity index (χ2n) is 2.90. The molecule has 0 radical (unpaired) electrons. The van der Waals surface area contributed by atoms with Crippen LogP contribution in [-0.4, -0.2) is 21.5 Å². The van der Waals surface area contributed by atoms with Gasteiger partial charge in [-0.15, -0.1) is 0 Å². The smallest absolute Gasteiger partial charge is 0.0724 e. The Kier molecular flexibility index (Phi) is 2.29. The molecule has 1 aromatic rings. The number of nitrogens with zero attached hydrogens (tertiary/aromatic N) is 2. The van der Waals surface area contributed by atoms with Crippen molar-refractivity contribution in [2.45, 2.75) is 26.8 Å². The topological polar surface area (TPSA) is 38.0 Å². The van der Waals surface area contributed by atoms with Crippen LogP contribution >= 0.6 is 0 Å². The molecule has 1 aromatic heterocycles. The summed E-state index contributed by atoms with van der Waals surface area (Å²) in [7, 11) is 0. The van der Waals surface area contributed by atoms with Crippen LogP contribution in [0.5, 0.6) is 0 Å². The van der Waals surface area contributed by atoms with Crippen molar-refractivity contribution >= 4 is 0 Å². The second-order valence-corrected chi connectivity index (χ2v) is 2.90. The van der Waals surface area contributed by atoms with Crippen molar-refractivity contribution in [1.29, 1.82) is 0 Å². The van der Waals surface area contributed by atoms with Gasteiger partial charge in [-0.05, 0) is 26.8 Å². The largest absolute Gasteiger partial charge is 0.394 e. The molecular formula is C8H14N2O. The first-order valence-corrected chi connectivity index (χ1v) is 3.78. The van der Waals surface area contributed by atoms with Gasteiger partial charge >= 0.3 is 0 Å². The van der Waals surface area contributed by atoms with Gasteiger partial charge in [-0.1, -0.05) is 0 Å². The molecule has 1 atom stereocenters. The lowest BCUT2D eigenvalue weighted by atomic mass is 10.3. The van der Waals surface area contributed by atoms with Crippen LogP contribution in [0, 0.1) is 13.8 Å². The molecule has 1 N–H and O–H groups in total. The summed E-state index contributed by atoms with van der Waals surface area (Å²) in [6.07, 6.45) is 0. The third kappa shape index (κ3) is 1.60. The number of aromatic nitrogens is 2. The Balaban J connectivity index is 2.93. The van der Waals surface area contributed by atoms with Gasteiger partial charge in [-0.2, -0.15) is 5.10 Å². The summed E-state index contributed by atoms with van der Waals surface area (Å²) in [5, 5.41) is 13.1. The lowest BCUT2D eigenvalue weighted by Crippen LogP contribution is -2.12. The minimum Gasteiger partial charge on any atom is -0.394 e. The molecule has 0 aromatic carbocycles. The molecule has 0 unspecified atom stereocenters. The van der Waals surface area contributed by atoms with Gasteiger partial charge in [0.15, 0.2) is 0 Å². The minimum atomic E-state index is 0.0868. The molecule has 0 aliphatic heterocycles. The number of hydrogen-bond donors (Lipinski definition) is 1. The van der Waals surface area contributed by atoms with Gasteiger partial charge in [0.2, 0.25) is 0 Å². The Hall–Kier alpha value is -0.830. The van der Waals surface area contributed by atoms with Crippen LogP contribution in [0.4, 0.5) is 0 Å². The molecule has 0 spiro atoms. The lowest BCUT2D eigenvalue weighted by molar-refractivity contribution is 0.227. The average Bonchev–Trinajstić information content (AvgIpc) is 2.28. The van der Waals surface area contributed by atoms with E-state index in [-0.39, 0.29) is 12.6 Å². The molecule has 11 heavy (non-hydrogen) atoms. The second kappa shape index (κ2) is 3.05. The van der Waals surface area contributed by atoms with Gasteiger partial charge in [-0.3, -0.25) is 4.68 Å². The molecule has 3 nitrogen and oxygen atoms in total. The van der Waals surface area contributed by atoms with E-state index in [1.54, 1.807) is 0 Å². The minimum absolute atomic E-state index is 0.0868. The number of aryl methyl sites for hydroxylation is 2. The first-order valence-electron chi connectivity index (χ1n) is 3.78. The SMILES string of the molecule is Cc1cc(C)n([C@H](C)CO)n1. The first kappa shape index (κ1) is 8.27. The zero-order valence-electron chi connectivity index (χ0n) is 7.20. The van der Waals surface area contributed by atoms with Crippen molar-refractivity contribution in [1.82, 2.24) is 9.78 Å². The zero-order chi connectivity index (χ0) is 8.43. The standard InChI is InChI=1S/C8H14N2O/c1-6-4-7(2)10(9-6)8(3)5-11/h4,8,11H,5H2,1-3H3/t8-/m1/s1. The van der Waals surface area contributed by atoms with Crippen LogP contribution in [-0.2, 0) is 0 Å². The van der Waals surface area contributed by atoms with Crippen LogP contribution in [0.3, 0.4) is 0 Å². The third-order valence-corrected chi connectivity index (χ3v) is 1.73. The molecule has 1 rings (SSSR count). The van der Waals surface area contributed by atoms with Crippen LogP contribution in [0.2, 0.25) is 0 Å². The Morgan fingerprint density at radius 2 is 2.27 bits per heavy atom. The van der Waals surface area contributed by atoms with Crippen molar-refractivity contribution in [2.75, 3.05) is 6.61 Å². The molecule has 1 heterocycles. The summed E-state index contributed by atoms with van der Waals surface area (Å²) >= 11 is 0. The van der Waals surface area contributed by atoms with E-state index in [1.165, 1.54) is 0 Å². The van der Waals surface area contributed by atoms with Crippen molar-refractivity contribution in [3.05, 3.63) is 17.5 Å². The van der Waals surface area contributed by atoms with E-state index < -0.39 is 0 Å². The first-order chi connectivity index (χ1) is 5.15. The molecule has 0 saturated carbocycles. The highest BCUT2D eigenvalue weighted by atomic mass is 16.3. The Morgan fingerprint density at radius 3 is 2.64 bits per heavy atom. The van der Waals surface area contributed by atoms with Gasteiger partial charge in [0.1, 0.15) is 0 Å². The maximum absolute atomic E-state index is 8.86. The monoisotopic (exact) mass is 154 g/mol. The summed E-state index contributed by atoms with van der Waals surface area (Å²) < 4.78 is 1.84. The van der Waals surface area contributed by atoms with Gasteiger partial charge in [-0.25, -0.2) is 0 Å². The van der Waals surface area contributed by atoms with Crippen LogP contribution in [0.15, 0.2) is 6.07 Å². The van der Waals surface area contributed by atoms with Gasteiger partial charge in [0.25, 0.3) is 0 Å². The third-order valence-electron chi connectivity index (χ3n) is 1.73. The molecule has 0 bridgehead atoms. The molecule has 0 amide bonds. The maximum Gasteiger partial charge on any atom is 0.0724 e. The number of hydrogen-bond acceptors (Lipinski definition) is 2. The Labute approximate surface area is 66.7 Å². The quantitative estimate of drug-likeness (QED) is 0.691. The number of aliphatic hydroxyl groups excluding tert-OH is 1. The predicted molar refractivity (Wildman–Crippen MR) is 43.5 cm³/mol. The van der Waals surface area contributed by atoms with Crippen LogP contribution in [0.1, 0.15) is 24.4 Å². The summed E-state index contributed by atoms with van der Waals surface area (Å²) in [6.45, 7) is 6.03. The Morgan fingerprint density at radius 1 is 1.64 bits per heavy atom. The van der Waals surface area contributed by atoms with Crippen molar-refractivity contribution < 1.29 is 5.11 Å². The highest BCUT2D eigenvalue weighted by Crippen LogP contribution is 2.08. The van der Waals surface area contributed by atoms with Crippen molar-refractivity contribution in [3.63, 3.8) is 0 Å². The maximum atomic E-state index is 8.86. The van der Waals surface area contributed by atoms with Crippen molar-refractivity contribution in [3.8, 4) is 0 Å². The summed E-state index contributed by atoms with van der Waals surface area (Å²) in [5.41, 5.74) is 2.10. The van der Waals surface area contributed by atoms with E-state index in [0.717, 1.165) is 11.4 Å². The van der Waals surface area contributed by atoms with E-state index in [1.807, 2.05) is 31.5 Å². The highest BCUT2D eigenvalue weighted by molar-refractivity contribution is 5.07. The molecule has 0 aliphatic rings. The molecule has 3 heteroatoms. The number of aliphatic hydroxyl groups is 1. The van der Waals surface area contributed by atoms with Crippen LogP contribution < -0.4 is 0 Å². The van der Waals surface area contributed by atoms with E-state index >= 15 is 0 Å². The fourth-order valence-electron chi connectivity index (χ4n) is 1.17. The number of rotatable bonds is 2. The van der Waals surface area contributed by atoms with E-state index in [9.17, 15) is 0 Å². The van der Waals surface area contributed by atoms with Gasteiger partial charge < -0.3 is 5.11 Å². The lowest BCUT2D eigenvalue weighted by Gasteiger charge is -2.09. The predicted octanol–water partition coefficient (Wildman–Crippen LogP) is 1.05. The zero-order valence-corrected chi connectivity index (χ0v) is 7.20. The fourth-order valence-corrected chi connectivity index (χ4v) is 1.17. The van der Waals surface area contributed by atoms with Gasteiger partial charge in [0.05, 0.1) is 18.3 Å². The van der Waals surface area contributed by atoms with Crippen molar-refractivity contribution in [2.24, 2.45) is 0 Å². The summed E-state index contributed by atoms with van der Waals surface area (Å²) in [4.78, 5) is 0.